The Hall–Kier alpha value is -7.16. The summed E-state index contributed by atoms with van der Waals surface area (Å²) in [6, 6.07) is 78.9. The van der Waals surface area contributed by atoms with E-state index in [0.29, 0.717) is 0 Å². The molecular formula is C52H36N2. The largest absolute Gasteiger partial charge is 0.310 e. The van der Waals surface area contributed by atoms with Gasteiger partial charge in [-0.1, -0.05) is 152 Å². The van der Waals surface area contributed by atoms with Crippen LogP contribution < -0.4 is 9.80 Å². The van der Waals surface area contributed by atoms with Crippen molar-refractivity contribution in [3.05, 3.63) is 218 Å². The third-order valence-corrected chi connectivity index (χ3v) is 10.6. The van der Waals surface area contributed by atoms with Gasteiger partial charge >= 0.3 is 0 Å². The van der Waals surface area contributed by atoms with Crippen LogP contribution in [0.15, 0.2) is 218 Å². The highest BCUT2D eigenvalue weighted by atomic mass is 15.1. The van der Waals surface area contributed by atoms with E-state index >= 15 is 0 Å². The quantitative estimate of drug-likeness (QED) is 0.147. The number of nitrogens with zero attached hydrogens (tertiary/aromatic N) is 2. The van der Waals surface area contributed by atoms with Crippen LogP contribution in [0.1, 0.15) is 0 Å². The number of hydrogen-bond donors (Lipinski definition) is 0. The molecule has 0 bridgehead atoms. The van der Waals surface area contributed by atoms with Crippen molar-refractivity contribution in [2.24, 2.45) is 0 Å². The van der Waals surface area contributed by atoms with E-state index in [-0.39, 0.29) is 0 Å². The van der Waals surface area contributed by atoms with Gasteiger partial charge in [-0.25, -0.2) is 0 Å². The second kappa shape index (κ2) is 13.4. The molecular weight excluding hydrogens is 653 g/mol. The molecule has 0 radical (unpaired) electrons. The molecule has 0 unspecified atom stereocenters. The number of rotatable bonds is 8. The smallest absolute Gasteiger partial charge is 0.0546 e. The summed E-state index contributed by atoms with van der Waals surface area (Å²) >= 11 is 0. The topological polar surface area (TPSA) is 6.48 Å². The molecule has 2 nitrogen and oxygen atoms in total. The molecule has 0 amide bonds. The molecule has 10 aromatic carbocycles. The molecule has 0 aliphatic carbocycles. The maximum Gasteiger partial charge on any atom is 0.0546 e. The fourth-order valence-corrected chi connectivity index (χ4v) is 8.14. The first-order valence-corrected chi connectivity index (χ1v) is 18.5. The second-order valence-electron chi connectivity index (χ2n) is 13.7. The lowest BCUT2D eigenvalue weighted by Gasteiger charge is -2.30. The van der Waals surface area contributed by atoms with Crippen molar-refractivity contribution in [1.29, 1.82) is 0 Å². The van der Waals surface area contributed by atoms with Crippen LogP contribution in [-0.4, -0.2) is 0 Å². The highest BCUT2D eigenvalue weighted by molar-refractivity contribution is 6.30. The zero-order chi connectivity index (χ0) is 35.8. The summed E-state index contributed by atoms with van der Waals surface area (Å²) in [5.74, 6) is 0. The highest BCUT2D eigenvalue weighted by Gasteiger charge is 2.23. The Morgan fingerprint density at radius 2 is 0.685 bits per heavy atom. The van der Waals surface area contributed by atoms with Gasteiger partial charge in [0.25, 0.3) is 0 Å². The van der Waals surface area contributed by atoms with Gasteiger partial charge in [0.05, 0.1) is 11.4 Å². The van der Waals surface area contributed by atoms with E-state index < -0.39 is 0 Å². The lowest BCUT2D eigenvalue weighted by Crippen LogP contribution is -2.11. The SMILES string of the molecule is c1ccc(-c2cccc(-c3cc(N(c4ccccc4)c4ccccc4)c4ccc5ccc(N(c6ccccc6)c6ccccc6)c6ccc3c4c56)c2)cc1. The molecule has 254 valence electrons. The zero-order valence-corrected chi connectivity index (χ0v) is 29.7. The molecule has 0 saturated carbocycles. The Labute approximate surface area is 315 Å². The highest BCUT2D eigenvalue weighted by Crippen LogP contribution is 2.50. The molecule has 2 heteroatoms. The average molecular weight is 689 g/mol. The van der Waals surface area contributed by atoms with E-state index in [9.17, 15) is 0 Å². The third-order valence-electron chi connectivity index (χ3n) is 10.6. The first-order chi connectivity index (χ1) is 26.8. The van der Waals surface area contributed by atoms with Crippen LogP contribution in [0.5, 0.6) is 0 Å². The van der Waals surface area contributed by atoms with E-state index in [0.717, 1.165) is 34.1 Å². The van der Waals surface area contributed by atoms with Crippen molar-refractivity contribution in [2.45, 2.75) is 0 Å². The van der Waals surface area contributed by atoms with E-state index in [4.69, 9.17) is 0 Å². The zero-order valence-electron chi connectivity index (χ0n) is 29.7. The normalized spacial score (nSPS) is 11.3. The fourth-order valence-electron chi connectivity index (χ4n) is 8.14. The summed E-state index contributed by atoms with van der Waals surface area (Å²) in [6.45, 7) is 0. The number of anilines is 6. The van der Waals surface area contributed by atoms with Crippen LogP contribution in [-0.2, 0) is 0 Å². The minimum atomic E-state index is 1.11. The summed E-state index contributed by atoms with van der Waals surface area (Å²) in [6.07, 6.45) is 0. The van der Waals surface area contributed by atoms with Crippen LogP contribution in [0, 0.1) is 0 Å². The van der Waals surface area contributed by atoms with Crippen molar-refractivity contribution >= 4 is 66.4 Å². The van der Waals surface area contributed by atoms with Crippen LogP contribution >= 0.6 is 0 Å². The van der Waals surface area contributed by atoms with E-state index in [2.05, 4.69) is 228 Å². The molecule has 10 aromatic rings. The molecule has 0 fully saturated rings. The molecule has 0 aliphatic rings. The maximum absolute atomic E-state index is 2.41. The lowest BCUT2D eigenvalue weighted by molar-refractivity contribution is 1.30. The van der Waals surface area contributed by atoms with Crippen LogP contribution in [0.25, 0.3) is 54.6 Å². The first kappa shape index (κ1) is 31.6. The fraction of sp³-hybridized carbons (Fsp3) is 0. The minimum absolute atomic E-state index is 1.11. The average Bonchev–Trinajstić information content (AvgIpc) is 3.25. The standard InChI is InChI=1S/C52H36N2/c1-6-17-37(18-7-1)39-19-16-20-40(35-39)48-36-50(54(43-25-12-4-13-26-43)44-27-14-5-15-28-44)47-31-29-38-30-34-49(46-33-32-45(48)52(47)51(38)46)53(41-21-8-2-9-22-41)42-23-10-3-11-24-42/h1-36H. The molecule has 0 spiro atoms. The summed E-state index contributed by atoms with van der Waals surface area (Å²) in [5, 5.41) is 7.42. The van der Waals surface area contributed by atoms with Gasteiger partial charge in [-0.3, -0.25) is 0 Å². The van der Waals surface area contributed by atoms with Gasteiger partial charge in [-0.15, -0.1) is 0 Å². The predicted molar refractivity (Wildman–Crippen MR) is 230 cm³/mol. The summed E-state index contributed by atoms with van der Waals surface area (Å²) in [4.78, 5) is 4.80. The monoisotopic (exact) mass is 688 g/mol. The first-order valence-electron chi connectivity index (χ1n) is 18.5. The van der Waals surface area contributed by atoms with Gasteiger partial charge in [-0.05, 0) is 105 Å². The third kappa shape index (κ3) is 5.44. The van der Waals surface area contributed by atoms with E-state index in [1.165, 1.54) is 54.6 Å². The Morgan fingerprint density at radius 3 is 1.26 bits per heavy atom. The van der Waals surface area contributed by atoms with Crippen molar-refractivity contribution in [3.8, 4) is 22.3 Å². The number of para-hydroxylation sites is 4. The van der Waals surface area contributed by atoms with Gasteiger partial charge in [0, 0.05) is 38.9 Å². The van der Waals surface area contributed by atoms with Crippen LogP contribution in [0.2, 0.25) is 0 Å². The predicted octanol–water partition coefficient (Wildman–Crippen LogP) is 14.9. The maximum atomic E-state index is 2.41. The molecule has 0 atom stereocenters. The summed E-state index contributed by atoms with van der Waals surface area (Å²) < 4.78 is 0. The molecule has 0 heterocycles. The van der Waals surface area contributed by atoms with E-state index in [1.54, 1.807) is 0 Å². The van der Waals surface area contributed by atoms with Crippen LogP contribution in [0.4, 0.5) is 34.1 Å². The van der Waals surface area contributed by atoms with Gasteiger partial charge in [0.15, 0.2) is 0 Å². The minimum Gasteiger partial charge on any atom is -0.310 e. The Balaban J connectivity index is 1.31. The van der Waals surface area contributed by atoms with Crippen molar-refractivity contribution in [2.75, 3.05) is 9.80 Å². The molecule has 0 aliphatic heterocycles. The Bertz CT molecular complexity index is 2770. The van der Waals surface area contributed by atoms with Gasteiger partial charge in [-0.2, -0.15) is 0 Å². The van der Waals surface area contributed by atoms with Crippen molar-refractivity contribution < 1.29 is 0 Å². The number of benzene rings is 10. The van der Waals surface area contributed by atoms with Crippen LogP contribution in [0.3, 0.4) is 0 Å². The van der Waals surface area contributed by atoms with E-state index in [1.807, 2.05) is 0 Å². The Kier molecular flexibility index (Phi) is 7.85. The van der Waals surface area contributed by atoms with Gasteiger partial charge in [0.2, 0.25) is 0 Å². The molecule has 0 saturated heterocycles. The Morgan fingerprint density at radius 1 is 0.259 bits per heavy atom. The van der Waals surface area contributed by atoms with Gasteiger partial charge in [0.1, 0.15) is 0 Å². The molecule has 0 N–H and O–H groups in total. The van der Waals surface area contributed by atoms with Crippen molar-refractivity contribution in [3.63, 3.8) is 0 Å². The van der Waals surface area contributed by atoms with Crippen molar-refractivity contribution in [1.82, 2.24) is 0 Å². The molecule has 10 rings (SSSR count). The number of hydrogen-bond acceptors (Lipinski definition) is 2. The lowest BCUT2D eigenvalue weighted by atomic mass is 9.87. The molecule has 0 aromatic heterocycles. The summed E-state index contributed by atoms with van der Waals surface area (Å²) in [5.41, 5.74) is 11.6. The van der Waals surface area contributed by atoms with Gasteiger partial charge < -0.3 is 9.80 Å². The summed E-state index contributed by atoms with van der Waals surface area (Å²) in [7, 11) is 0. The second-order valence-corrected chi connectivity index (χ2v) is 13.7. The molecule has 54 heavy (non-hydrogen) atoms.